The third kappa shape index (κ3) is 3.40. The van der Waals surface area contributed by atoms with Crippen LogP contribution in [0.1, 0.15) is 39.5 Å². The lowest BCUT2D eigenvalue weighted by Crippen LogP contribution is -2.42. The molecule has 0 amide bonds. The summed E-state index contributed by atoms with van der Waals surface area (Å²) in [6, 6.07) is 0. The quantitative estimate of drug-likeness (QED) is 0.553. The van der Waals surface area contributed by atoms with E-state index in [1.165, 1.54) is 25.7 Å². The van der Waals surface area contributed by atoms with Gasteiger partial charge in [-0.1, -0.05) is 26.7 Å². The van der Waals surface area contributed by atoms with Gasteiger partial charge in [-0.05, 0) is 24.2 Å². The summed E-state index contributed by atoms with van der Waals surface area (Å²) < 4.78 is 0. The van der Waals surface area contributed by atoms with Gasteiger partial charge in [0.05, 0.1) is 0 Å². The summed E-state index contributed by atoms with van der Waals surface area (Å²) in [7, 11) is 3.71. The van der Waals surface area contributed by atoms with Crippen molar-refractivity contribution < 1.29 is 0 Å². The van der Waals surface area contributed by atoms with Crippen LogP contribution in [0.4, 0.5) is 0 Å². The molecule has 0 radical (unpaired) electrons. The van der Waals surface area contributed by atoms with E-state index >= 15 is 0 Å². The van der Waals surface area contributed by atoms with Crippen LogP contribution in [-0.4, -0.2) is 26.6 Å². The van der Waals surface area contributed by atoms with Crippen molar-refractivity contribution in [3.8, 4) is 0 Å². The van der Waals surface area contributed by atoms with Crippen molar-refractivity contribution in [3.63, 3.8) is 0 Å². The molecule has 0 heterocycles. The zero-order valence-electron chi connectivity index (χ0n) is 10.6. The van der Waals surface area contributed by atoms with Crippen molar-refractivity contribution in [2.75, 3.05) is 20.6 Å². The van der Waals surface area contributed by atoms with Crippen LogP contribution in [0.3, 0.4) is 0 Å². The molecule has 15 heavy (non-hydrogen) atoms. The fourth-order valence-corrected chi connectivity index (χ4v) is 2.44. The van der Waals surface area contributed by atoms with Crippen LogP contribution >= 0.6 is 0 Å². The van der Waals surface area contributed by atoms with Gasteiger partial charge in [0, 0.05) is 20.6 Å². The second kappa shape index (κ2) is 5.38. The van der Waals surface area contributed by atoms with Gasteiger partial charge >= 0.3 is 0 Å². The maximum absolute atomic E-state index is 4.13. The Bertz CT molecular complexity index is 215. The van der Waals surface area contributed by atoms with Gasteiger partial charge in [0.2, 0.25) is 0 Å². The Balaban J connectivity index is 2.41. The van der Waals surface area contributed by atoms with Gasteiger partial charge in [0.25, 0.3) is 0 Å². The summed E-state index contributed by atoms with van der Waals surface area (Å²) in [5.74, 6) is 1.76. The van der Waals surface area contributed by atoms with Gasteiger partial charge in [0.15, 0.2) is 5.96 Å². The largest absolute Gasteiger partial charge is 0.359 e. The van der Waals surface area contributed by atoms with Gasteiger partial charge in [-0.25, -0.2) is 0 Å². The first-order valence-electron chi connectivity index (χ1n) is 5.98. The average Bonchev–Trinajstić information content (AvgIpc) is 2.72. The minimum atomic E-state index is 0.378. The summed E-state index contributed by atoms with van der Waals surface area (Å²) in [4.78, 5) is 4.13. The molecule has 0 saturated heterocycles. The van der Waals surface area contributed by atoms with Gasteiger partial charge in [-0.3, -0.25) is 4.99 Å². The molecule has 0 aliphatic heterocycles. The van der Waals surface area contributed by atoms with E-state index < -0.39 is 0 Å². The number of guanidine groups is 1. The highest BCUT2D eigenvalue weighted by Crippen LogP contribution is 2.38. The molecule has 88 valence electrons. The lowest BCUT2D eigenvalue weighted by Gasteiger charge is -2.32. The third-order valence-electron chi connectivity index (χ3n) is 3.63. The van der Waals surface area contributed by atoms with Crippen LogP contribution in [0, 0.1) is 11.3 Å². The summed E-state index contributed by atoms with van der Waals surface area (Å²) in [6.07, 6.45) is 5.61. The Kier molecular flexibility index (Phi) is 4.43. The van der Waals surface area contributed by atoms with Gasteiger partial charge in [0.1, 0.15) is 0 Å². The summed E-state index contributed by atoms with van der Waals surface area (Å²) in [5, 5.41) is 6.43. The van der Waals surface area contributed by atoms with E-state index in [0.717, 1.165) is 18.4 Å². The molecule has 0 aromatic heterocycles. The van der Waals surface area contributed by atoms with E-state index in [-0.39, 0.29) is 0 Å². The van der Waals surface area contributed by atoms with Crippen molar-refractivity contribution in [2.24, 2.45) is 16.3 Å². The van der Waals surface area contributed by atoms with E-state index in [2.05, 4.69) is 29.5 Å². The van der Waals surface area contributed by atoms with Crippen molar-refractivity contribution >= 4 is 5.96 Å². The summed E-state index contributed by atoms with van der Waals surface area (Å²) in [6.45, 7) is 5.73. The van der Waals surface area contributed by atoms with Crippen LogP contribution in [0.2, 0.25) is 0 Å². The molecule has 1 aliphatic rings. The van der Waals surface area contributed by atoms with Crippen molar-refractivity contribution in [1.29, 1.82) is 0 Å². The molecule has 0 unspecified atom stereocenters. The number of hydrogen-bond donors (Lipinski definition) is 2. The molecule has 1 aliphatic carbocycles. The smallest absolute Gasteiger partial charge is 0.190 e. The fraction of sp³-hybridized carbons (Fsp3) is 0.917. The number of aliphatic imine (C=N–C) groups is 1. The van der Waals surface area contributed by atoms with E-state index in [9.17, 15) is 0 Å². The number of rotatable bonds is 3. The fourth-order valence-electron chi connectivity index (χ4n) is 2.44. The van der Waals surface area contributed by atoms with Crippen LogP contribution in [0.25, 0.3) is 0 Å². The normalized spacial score (nSPS) is 19.3. The van der Waals surface area contributed by atoms with Gasteiger partial charge in [-0.15, -0.1) is 0 Å². The molecule has 1 saturated carbocycles. The lowest BCUT2D eigenvalue weighted by atomic mass is 9.78. The van der Waals surface area contributed by atoms with E-state index in [1.807, 2.05) is 7.05 Å². The Morgan fingerprint density at radius 2 is 1.93 bits per heavy atom. The molecule has 3 heteroatoms. The maximum Gasteiger partial charge on any atom is 0.190 e. The highest BCUT2D eigenvalue weighted by atomic mass is 15.2. The van der Waals surface area contributed by atoms with E-state index in [0.29, 0.717) is 5.41 Å². The topological polar surface area (TPSA) is 36.4 Å². The third-order valence-corrected chi connectivity index (χ3v) is 3.63. The second-order valence-electron chi connectivity index (χ2n) is 5.15. The maximum atomic E-state index is 4.13. The minimum absolute atomic E-state index is 0.378. The summed E-state index contributed by atoms with van der Waals surface area (Å²) >= 11 is 0. The lowest BCUT2D eigenvalue weighted by molar-refractivity contribution is 0.218. The minimum Gasteiger partial charge on any atom is -0.359 e. The first kappa shape index (κ1) is 12.3. The Morgan fingerprint density at radius 1 is 1.33 bits per heavy atom. The molecule has 1 fully saturated rings. The van der Waals surface area contributed by atoms with E-state index in [4.69, 9.17) is 0 Å². The first-order valence-corrected chi connectivity index (χ1v) is 5.98. The monoisotopic (exact) mass is 211 g/mol. The first-order chi connectivity index (χ1) is 7.10. The molecular formula is C12H25N3. The highest BCUT2D eigenvalue weighted by Gasteiger charge is 2.31. The summed E-state index contributed by atoms with van der Waals surface area (Å²) in [5.41, 5.74) is 0.378. The van der Waals surface area contributed by atoms with Crippen LogP contribution in [0.5, 0.6) is 0 Å². The second-order valence-corrected chi connectivity index (χ2v) is 5.15. The predicted octanol–water partition coefficient (Wildman–Crippen LogP) is 2.00. The van der Waals surface area contributed by atoms with Crippen LogP contribution in [-0.2, 0) is 0 Å². The molecular weight excluding hydrogens is 186 g/mol. The van der Waals surface area contributed by atoms with Crippen molar-refractivity contribution in [1.82, 2.24) is 10.6 Å². The van der Waals surface area contributed by atoms with Crippen LogP contribution < -0.4 is 10.6 Å². The Labute approximate surface area is 93.7 Å². The van der Waals surface area contributed by atoms with Gasteiger partial charge < -0.3 is 10.6 Å². The Hall–Kier alpha value is -0.730. The van der Waals surface area contributed by atoms with Crippen molar-refractivity contribution in [3.05, 3.63) is 0 Å². The van der Waals surface area contributed by atoms with E-state index in [1.54, 1.807) is 7.05 Å². The number of nitrogens with one attached hydrogen (secondary N) is 2. The molecule has 3 nitrogen and oxygen atoms in total. The molecule has 1 rings (SSSR count). The SMILES string of the molecule is CN=C(NC)NCC(C)(C)C1CCCC1. The molecule has 0 bridgehead atoms. The van der Waals surface area contributed by atoms with Crippen molar-refractivity contribution in [2.45, 2.75) is 39.5 Å². The molecule has 0 aromatic carbocycles. The zero-order chi connectivity index (χ0) is 11.3. The molecule has 0 aromatic rings. The predicted molar refractivity (Wildman–Crippen MR) is 66.2 cm³/mol. The van der Waals surface area contributed by atoms with Crippen LogP contribution in [0.15, 0.2) is 4.99 Å². The zero-order valence-corrected chi connectivity index (χ0v) is 10.6. The standard InChI is InChI=1S/C12H25N3/c1-12(2,10-7-5-6-8-10)9-15-11(13-3)14-4/h10H,5-9H2,1-4H3,(H2,13,14,15). The molecule has 2 N–H and O–H groups in total. The highest BCUT2D eigenvalue weighted by molar-refractivity contribution is 5.79. The molecule has 0 spiro atoms. The Morgan fingerprint density at radius 3 is 2.40 bits per heavy atom. The van der Waals surface area contributed by atoms with Gasteiger partial charge in [-0.2, -0.15) is 0 Å². The molecule has 0 atom stereocenters. The average molecular weight is 211 g/mol. The number of nitrogens with zero attached hydrogens (tertiary/aromatic N) is 1. The number of hydrogen-bond acceptors (Lipinski definition) is 1.